The molecule has 0 spiro atoms. The van der Waals surface area contributed by atoms with E-state index in [-0.39, 0.29) is 0 Å². The number of aromatic nitrogens is 1. The van der Waals surface area contributed by atoms with Crippen LogP contribution in [0.4, 0.5) is 14.6 Å². The van der Waals surface area contributed by atoms with E-state index in [1.54, 1.807) is 6.20 Å². The van der Waals surface area contributed by atoms with Gasteiger partial charge in [0.25, 0.3) is 0 Å². The summed E-state index contributed by atoms with van der Waals surface area (Å²) in [6.45, 7) is 4.45. The highest BCUT2D eigenvalue weighted by Gasteiger charge is 2.18. The van der Waals surface area contributed by atoms with Crippen LogP contribution in [0.25, 0.3) is 0 Å². The molecule has 3 N–H and O–H groups in total. The van der Waals surface area contributed by atoms with Gasteiger partial charge in [0.05, 0.1) is 6.04 Å². The molecule has 1 aromatic heterocycles. The second kappa shape index (κ2) is 5.96. The highest BCUT2D eigenvalue weighted by molar-refractivity contribution is 5.47. The molecular weight excluding hydrogens is 260 g/mol. The van der Waals surface area contributed by atoms with Crippen LogP contribution in [0, 0.1) is 18.6 Å². The molecule has 0 saturated carbocycles. The Morgan fingerprint density at radius 3 is 2.45 bits per heavy atom. The van der Waals surface area contributed by atoms with Gasteiger partial charge in [-0.15, -0.1) is 0 Å². The van der Waals surface area contributed by atoms with Crippen LogP contribution in [-0.2, 0) is 0 Å². The zero-order chi connectivity index (χ0) is 14.7. The highest BCUT2D eigenvalue weighted by atomic mass is 19.1. The van der Waals surface area contributed by atoms with Crippen LogP contribution < -0.4 is 11.1 Å². The first-order valence-electron chi connectivity index (χ1n) is 6.42. The summed E-state index contributed by atoms with van der Waals surface area (Å²) in [5.41, 5.74) is 8.04. The number of rotatable bonds is 4. The van der Waals surface area contributed by atoms with Crippen molar-refractivity contribution in [1.82, 2.24) is 10.3 Å². The monoisotopic (exact) mass is 277 g/mol. The van der Waals surface area contributed by atoms with E-state index in [0.29, 0.717) is 17.9 Å². The topological polar surface area (TPSA) is 50.9 Å². The molecule has 0 amide bonds. The fourth-order valence-corrected chi connectivity index (χ4v) is 2.19. The largest absolute Gasteiger partial charge is 0.383 e. The molecule has 3 nitrogen and oxygen atoms in total. The first kappa shape index (κ1) is 14.4. The van der Waals surface area contributed by atoms with Gasteiger partial charge in [-0.25, -0.2) is 13.8 Å². The number of anilines is 1. The van der Waals surface area contributed by atoms with Crippen molar-refractivity contribution in [2.75, 3.05) is 12.3 Å². The van der Waals surface area contributed by atoms with Crippen molar-refractivity contribution in [3.8, 4) is 0 Å². The maximum Gasteiger partial charge on any atom is 0.128 e. The molecule has 0 aliphatic carbocycles. The van der Waals surface area contributed by atoms with Gasteiger partial charge in [0.1, 0.15) is 17.5 Å². The Kier molecular flexibility index (Phi) is 4.29. The molecule has 0 fully saturated rings. The van der Waals surface area contributed by atoms with Crippen molar-refractivity contribution in [1.29, 1.82) is 0 Å². The van der Waals surface area contributed by atoms with Gasteiger partial charge in [-0.05, 0) is 42.8 Å². The van der Waals surface area contributed by atoms with E-state index in [1.807, 2.05) is 19.9 Å². The molecule has 1 atom stereocenters. The predicted molar refractivity (Wildman–Crippen MR) is 75.3 cm³/mol. The van der Waals surface area contributed by atoms with Gasteiger partial charge < -0.3 is 11.1 Å². The summed E-state index contributed by atoms with van der Waals surface area (Å²) < 4.78 is 26.8. The molecule has 5 heteroatoms. The molecule has 20 heavy (non-hydrogen) atoms. The standard InChI is InChI=1S/C15H17F2N3/c1-3-19-14(10-5-11(16)7-12(17)6-10)13-4-9(2)8-20-15(13)18/h4-8,14,19H,3H2,1-2H3,(H2,18,20). The normalized spacial score (nSPS) is 12.4. The Morgan fingerprint density at radius 1 is 1.20 bits per heavy atom. The van der Waals surface area contributed by atoms with Gasteiger partial charge in [-0.1, -0.05) is 6.92 Å². The number of hydrogen-bond acceptors (Lipinski definition) is 3. The Morgan fingerprint density at radius 2 is 1.85 bits per heavy atom. The number of nitrogens with two attached hydrogens (primary N) is 1. The van der Waals surface area contributed by atoms with Crippen LogP contribution in [0.1, 0.15) is 29.7 Å². The molecule has 0 saturated heterocycles. The fraction of sp³-hybridized carbons (Fsp3) is 0.267. The number of nitrogen functional groups attached to an aromatic ring is 1. The molecule has 0 radical (unpaired) electrons. The minimum Gasteiger partial charge on any atom is -0.383 e. The SMILES string of the molecule is CCNC(c1cc(F)cc(F)c1)c1cc(C)cnc1N. The number of pyridine rings is 1. The molecule has 0 aliphatic heterocycles. The van der Waals surface area contributed by atoms with Gasteiger partial charge in [0.15, 0.2) is 0 Å². The number of benzene rings is 1. The third-order valence-corrected chi connectivity index (χ3v) is 3.02. The lowest BCUT2D eigenvalue weighted by molar-refractivity contribution is 0.565. The quantitative estimate of drug-likeness (QED) is 0.903. The first-order valence-corrected chi connectivity index (χ1v) is 6.42. The summed E-state index contributed by atoms with van der Waals surface area (Å²) in [5, 5.41) is 3.18. The zero-order valence-electron chi connectivity index (χ0n) is 11.5. The van der Waals surface area contributed by atoms with E-state index < -0.39 is 17.7 Å². The van der Waals surface area contributed by atoms with E-state index in [4.69, 9.17) is 5.73 Å². The van der Waals surface area contributed by atoms with Crippen molar-refractivity contribution < 1.29 is 8.78 Å². The van der Waals surface area contributed by atoms with E-state index >= 15 is 0 Å². The van der Waals surface area contributed by atoms with Crippen molar-refractivity contribution in [2.24, 2.45) is 0 Å². The molecular formula is C15H17F2N3. The van der Waals surface area contributed by atoms with Crippen LogP contribution in [0.15, 0.2) is 30.5 Å². The maximum absolute atomic E-state index is 13.4. The van der Waals surface area contributed by atoms with E-state index in [0.717, 1.165) is 17.2 Å². The van der Waals surface area contributed by atoms with E-state index in [9.17, 15) is 8.78 Å². The second-order valence-corrected chi connectivity index (χ2v) is 4.68. The average molecular weight is 277 g/mol. The minimum atomic E-state index is -0.609. The Bertz CT molecular complexity index is 594. The van der Waals surface area contributed by atoms with Crippen LogP contribution in [0.2, 0.25) is 0 Å². The van der Waals surface area contributed by atoms with Crippen molar-refractivity contribution in [3.05, 3.63) is 58.8 Å². The van der Waals surface area contributed by atoms with Crippen LogP contribution in [0.3, 0.4) is 0 Å². The van der Waals surface area contributed by atoms with Crippen LogP contribution in [-0.4, -0.2) is 11.5 Å². The summed E-state index contributed by atoms with van der Waals surface area (Å²) in [6, 6.07) is 4.94. The number of nitrogens with one attached hydrogen (secondary N) is 1. The summed E-state index contributed by atoms with van der Waals surface area (Å²) in [6.07, 6.45) is 1.66. The van der Waals surface area contributed by atoms with Gasteiger partial charge in [-0.2, -0.15) is 0 Å². The Hall–Kier alpha value is -2.01. The fourth-order valence-electron chi connectivity index (χ4n) is 2.19. The summed E-state index contributed by atoms with van der Waals surface area (Å²) >= 11 is 0. The average Bonchev–Trinajstić information content (AvgIpc) is 2.38. The molecule has 0 bridgehead atoms. The second-order valence-electron chi connectivity index (χ2n) is 4.68. The molecule has 0 aliphatic rings. The summed E-state index contributed by atoms with van der Waals surface area (Å²) in [5.74, 6) is -0.865. The molecule has 106 valence electrons. The van der Waals surface area contributed by atoms with Gasteiger partial charge in [0, 0.05) is 17.8 Å². The van der Waals surface area contributed by atoms with Crippen molar-refractivity contribution >= 4 is 5.82 Å². The van der Waals surface area contributed by atoms with Crippen molar-refractivity contribution in [3.63, 3.8) is 0 Å². The van der Waals surface area contributed by atoms with Crippen LogP contribution in [0.5, 0.6) is 0 Å². The molecule has 1 aromatic carbocycles. The molecule has 1 heterocycles. The number of halogens is 2. The van der Waals surface area contributed by atoms with Crippen LogP contribution >= 0.6 is 0 Å². The lowest BCUT2D eigenvalue weighted by atomic mass is 9.98. The first-order chi connectivity index (χ1) is 9.51. The van der Waals surface area contributed by atoms with E-state index in [1.165, 1.54) is 12.1 Å². The lowest BCUT2D eigenvalue weighted by Crippen LogP contribution is -2.23. The smallest absolute Gasteiger partial charge is 0.128 e. The summed E-state index contributed by atoms with van der Waals surface area (Å²) in [7, 11) is 0. The zero-order valence-corrected chi connectivity index (χ0v) is 11.5. The number of nitrogens with zero attached hydrogens (tertiary/aromatic N) is 1. The third kappa shape index (κ3) is 3.11. The summed E-state index contributed by atoms with van der Waals surface area (Å²) in [4.78, 5) is 4.10. The van der Waals surface area contributed by atoms with Gasteiger partial charge >= 0.3 is 0 Å². The molecule has 2 rings (SSSR count). The van der Waals surface area contributed by atoms with Gasteiger partial charge in [-0.3, -0.25) is 0 Å². The lowest BCUT2D eigenvalue weighted by Gasteiger charge is -2.20. The Balaban J connectivity index is 2.52. The van der Waals surface area contributed by atoms with Gasteiger partial charge in [0.2, 0.25) is 0 Å². The van der Waals surface area contributed by atoms with E-state index in [2.05, 4.69) is 10.3 Å². The third-order valence-electron chi connectivity index (χ3n) is 3.02. The Labute approximate surface area is 116 Å². The number of aryl methyl sites for hydroxylation is 1. The maximum atomic E-state index is 13.4. The highest BCUT2D eigenvalue weighted by Crippen LogP contribution is 2.27. The minimum absolute atomic E-state index is 0.353. The van der Waals surface area contributed by atoms with Crippen molar-refractivity contribution in [2.45, 2.75) is 19.9 Å². The predicted octanol–water partition coefficient (Wildman–Crippen LogP) is 2.95. The molecule has 2 aromatic rings. The molecule has 1 unspecified atom stereocenters. The number of hydrogen-bond donors (Lipinski definition) is 2.